The van der Waals surface area contributed by atoms with Crippen LogP contribution in [0.5, 0.6) is 5.75 Å². The number of amides is 1. The molecule has 5 heteroatoms. The fourth-order valence-electron chi connectivity index (χ4n) is 3.45. The number of fused-ring (bicyclic) bond motifs is 1. The minimum atomic E-state index is -0.151. The molecule has 1 aromatic rings. The molecule has 0 saturated heterocycles. The summed E-state index contributed by atoms with van der Waals surface area (Å²) < 4.78 is 5.67. The van der Waals surface area contributed by atoms with Crippen molar-refractivity contribution >= 4 is 24.0 Å². The van der Waals surface area contributed by atoms with Gasteiger partial charge in [-0.05, 0) is 37.5 Å². The van der Waals surface area contributed by atoms with E-state index < -0.39 is 0 Å². The third kappa shape index (κ3) is 3.39. The van der Waals surface area contributed by atoms with E-state index in [0.29, 0.717) is 6.61 Å². The Morgan fingerprint density at radius 2 is 2.14 bits per heavy atom. The van der Waals surface area contributed by atoms with Crippen LogP contribution in [0.4, 0.5) is 5.69 Å². The molecule has 4 nitrogen and oxygen atoms in total. The van der Waals surface area contributed by atoms with Gasteiger partial charge < -0.3 is 15.4 Å². The first-order valence-corrected chi connectivity index (χ1v) is 8.01. The average molecular weight is 325 g/mol. The van der Waals surface area contributed by atoms with Crippen molar-refractivity contribution in [2.45, 2.75) is 45.6 Å². The summed E-state index contributed by atoms with van der Waals surface area (Å²) in [5.41, 5.74) is 1.84. The van der Waals surface area contributed by atoms with Gasteiger partial charge in [0, 0.05) is 29.8 Å². The van der Waals surface area contributed by atoms with Crippen molar-refractivity contribution in [3.63, 3.8) is 0 Å². The predicted molar refractivity (Wildman–Crippen MR) is 90.7 cm³/mol. The fourth-order valence-corrected chi connectivity index (χ4v) is 3.45. The highest BCUT2D eigenvalue weighted by molar-refractivity contribution is 5.95. The fraction of sp³-hybridized carbons (Fsp3) is 0.588. The number of anilines is 1. The second-order valence-corrected chi connectivity index (χ2v) is 6.14. The SMILES string of the molecule is CCC1(C(=O)Nc2ccc3c(c2)CNCCO3)CCCC1.Cl. The van der Waals surface area contributed by atoms with E-state index in [1.807, 2.05) is 18.2 Å². The van der Waals surface area contributed by atoms with Gasteiger partial charge in [0.15, 0.2) is 0 Å². The number of rotatable bonds is 3. The van der Waals surface area contributed by atoms with Crippen LogP contribution in [0.1, 0.15) is 44.6 Å². The van der Waals surface area contributed by atoms with E-state index in [0.717, 1.165) is 49.4 Å². The van der Waals surface area contributed by atoms with Crippen molar-refractivity contribution in [2.75, 3.05) is 18.5 Å². The van der Waals surface area contributed by atoms with Gasteiger partial charge >= 0.3 is 0 Å². The van der Waals surface area contributed by atoms with Gasteiger partial charge in [0.2, 0.25) is 5.91 Å². The normalized spacial score (nSPS) is 19.3. The van der Waals surface area contributed by atoms with E-state index in [-0.39, 0.29) is 23.7 Å². The smallest absolute Gasteiger partial charge is 0.230 e. The predicted octanol–water partition coefficient (Wildman–Crippen LogP) is 3.50. The number of carbonyl (C=O) groups excluding carboxylic acids is 1. The van der Waals surface area contributed by atoms with Crippen LogP contribution in [0, 0.1) is 5.41 Å². The molecule has 0 spiro atoms. The van der Waals surface area contributed by atoms with E-state index in [2.05, 4.69) is 17.6 Å². The maximum atomic E-state index is 12.6. The van der Waals surface area contributed by atoms with Gasteiger partial charge in [0.1, 0.15) is 12.4 Å². The number of ether oxygens (including phenoxy) is 1. The van der Waals surface area contributed by atoms with Gasteiger partial charge in [-0.1, -0.05) is 19.8 Å². The summed E-state index contributed by atoms with van der Waals surface area (Å²) >= 11 is 0. The maximum Gasteiger partial charge on any atom is 0.230 e. The summed E-state index contributed by atoms with van der Waals surface area (Å²) in [6.45, 7) is 4.46. The van der Waals surface area contributed by atoms with Crippen LogP contribution < -0.4 is 15.4 Å². The van der Waals surface area contributed by atoms with Crippen molar-refractivity contribution in [1.29, 1.82) is 0 Å². The number of benzene rings is 1. The Labute approximate surface area is 138 Å². The molecule has 1 aliphatic heterocycles. The third-order valence-corrected chi connectivity index (χ3v) is 4.89. The lowest BCUT2D eigenvalue weighted by Gasteiger charge is -2.26. The van der Waals surface area contributed by atoms with E-state index in [9.17, 15) is 4.79 Å². The molecule has 22 heavy (non-hydrogen) atoms. The van der Waals surface area contributed by atoms with E-state index in [1.54, 1.807) is 0 Å². The van der Waals surface area contributed by atoms with Crippen LogP contribution in [0.25, 0.3) is 0 Å². The minimum Gasteiger partial charge on any atom is -0.492 e. The lowest BCUT2D eigenvalue weighted by atomic mass is 9.82. The Kier molecular flexibility index (Phi) is 5.70. The molecule has 1 amide bonds. The van der Waals surface area contributed by atoms with Gasteiger partial charge in [-0.15, -0.1) is 12.4 Å². The first-order chi connectivity index (χ1) is 10.2. The van der Waals surface area contributed by atoms with Crippen molar-refractivity contribution < 1.29 is 9.53 Å². The summed E-state index contributed by atoms with van der Waals surface area (Å²) in [6, 6.07) is 5.94. The molecule has 3 rings (SSSR count). The number of halogens is 1. The monoisotopic (exact) mass is 324 g/mol. The van der Waals surface area contributed by atoms with E-state index in [4.69, 9.17) is 4.74 Å². The number of nitrogens with one attached hydrogen (secondary N) is 2. The van der Waals surface area contributed by atoms with Gasteiger partial charge in [-0.25, -0.2) is 0 Å². The second kappa shape index (κ2) is 7.34. The zero-order valence-corrected chi connectivity index (χ0v) is 13.9. The molecule has 0 radical (unpaired) electrons. The standard InChI is InChI=1S/C17H24N2O2.ClH/c1-2-17(7-3-4-8-17)16(20)19-14-5-6-15-13(11-14)12-18-9-10-21-15;/h5-6,11,18H,2-4,7-10,12H2,1H3,(H,19,20);1H. The van der Waals surface area contributed by atoms with Crippen molar-refractivity contribution in [2.24, 2.45) is 5.41 Å². The Balaban J connectivity index is 0.00000176. The molecule has 2 N–H and O–H groups in total. The molecule has 1 heterocycles. The molecular formula is C17H25ClN2O2. The first kappa shape index (κ1) is 17.1. The van der Waals surface area contributed by atoms with Crippen LogP contribution in [0.15, 0.2) is 18.2 Å². The molecule has 1 aromatic carbocycles. The quantitative estimate of drug-likeness (QED) is 0.894. The Hall–Kier alpha value is -1.26. The maximum absolute atomic E-state index is 12.6. The topological polar surface area (TPSA) is 50.4 Å². The van der Waals surface area contributed by atoms with E-state index >= 15 is 0 Å². The highest BCUT2D eigenvalue weighted by Gasteiger charge is 2.39. The molecule has 122 valence electrons. The van der Waals surface area contributed by atoms with Gasteiger partial charge in [0.25, 0.3) is 0 Å². The molecule has 1 fully saturated rings. The number of hydrogen-bond acceptors (Lipinski definition) is 3. The second-order valence-electron chi connectivity index (χ2n) is 6.14. The molecule has 0 bridgehead atoms. The highest BCUT2D eigenvalue weighted by atomic mass is 35.5. The summed E-state index contributed by atoms with van der Waals surface area (Å²) in [7, 11) is 0. The molecule has 0 aromatic heterocycles. The Morgan fingerprint density at radius 3 is 2.86 bits per heavy atom. The zero-order chi connectivity index (χ0) is 14.7. The zero-order valence-electron chi connectivity index (χ0n) is 13.1. The molecule has 0 atom stereocenters. The van der Waals surface area contributed by atoms with Crippen LogP contribution in [-0.2, 0) is 11.3 Å². The molecule has 1 saturated carbocycles. The summed E-state index contributed by atoms with van der Waals surface area (Å²) in [5.74, 6) is 1.11. The Morgan fingerprint density at radius 1 is 1.36 bits per heavy atom. The Bertz CT molecular complexity index is 527. The summed E-state index contributed by atoms with van der Waals surface area (Å²) in [6.07, 6.45) is 5.30. The van der Waals surface area contributed by atoms with Crippen molar-refractivity contribution in [1.82, 2.24) is 5.32 Å². The van der Waals surface area contributed by atoms with Gasteiger partial charge in [-0.2, -0.15) is 0 Å². The van der Waals surface area contributed by atoms with Crippen molar-refractivity contribution in [3.05, 3.63) is 23.8 Å². The average Bonchev–Trinajstić information content (AvgIpc) is 2.88. The first-order valence-electron chi connectivity index (χ1n) is 8.01. The highest BCUT2D eigenvalue weighted by Crippen LogP contribution is 2.42. The number of carbonyl (C=O) groups is 1. The van der Waals surface area contributed by atoms with E-state index in [1.165, 1.54) is 12.8 Å². The third-order valence-electron chi connectivity index (χ3n) is 4.89. The molecular weight excluding hydrogens is 300 g/mol. The minimum absolute atomic E-state index is 0. The lowest BCUT2D eigenvalue weighted by molar-refractivity contribution is -0.125. The summed E-state index contributed by atoms with van der Waals surface area (Å²) in [4.78, 5) is 12.6. The largest absolute Gasteiger partial charge is 0.492 e. The number of hydrogen-bond donors (Lipinski definition) is 2. The van der Waals surface area contributed by atoms with Crippen LogP contribution >= 0.6 is 12.4 Å². The van der Waals surface area contributed by atoms with Crippen LogP contribution in [-0.4, -0.2) is 19.1 Å². The molecule has 0 unspecified atom stereocenters. The molecule has 1 aliphatic carbocycles. The van der Waals surface area contributed by atoms with Gasteiger partial charge in [0.05, 0.1) is 0 Å². The molecule has 2 aliphatic rings. The van der Waals surface area contributed by atoms with Gasteiger partial charge in [-0.3, -0.25) is 4.79 Å². The summed E-state index contributed by atoms with van der Waals surface area (Å²) in [5, 5.41) is 6.44. The van der Waals surface area contributed by atoms with Crippen molar-refractivity contribution in [3.8, 4) is 5.75 Å². The van der Waals surface area contributed by atoms with Crippen LogP contribution in [0.3, 0.4) is 0 Å². The lowest BCUT2D eigenvalue weighted by Crippen LogP contribution is -2.33. The van der Waals surface area contributed by atoms with Crippen LogP contribution in [0.2, 0.25) is 0 Å².